The van der Waals surface area contributed by atoms with Crippen molar-refractivity contribution in [2.45, 2.75) is 23.0 Å². The van der Waals surface area contributed by atoms with E-state index in [1.54, 1.807) is 18.9 Å². The molecule has 0 bridgehead atoms. The maximum atomic E-state index is 11.9. The van der Waals surface area contributed by atoms with Gasteiger partial charge in [-0.1, -0.05) is 17.8 Å². The van der Waals surface area contributed by atoms with Gasteiger partial charge in [0.2, 0.25) is 5.91 Å². The smallest absolute Gasteiger partial charge is 0.251 e. The maximum absolute atomic E-state index is 11.9. The summed E-state index contributed by atoms with van der Waals surface area (Å²) in [4.78, 5) is 32.7. The first-order chi connectivity index (χ1) is 9.95. The third-order valence-electron chi connectivity index (χ3n) is 3.36. The van der Waals surface area contributed by atoms with Crippen LogP contribution in [0.2, 0.25) is 0 Å². The van der Waals surface area contributed by atoms with Crippen LogP contribution in [-0.4, -0.2) is 22.9 Å². The molecule has 1 aliphatic rings. The summed E-state index contributed by atoms with van der Waals surface area (Å²) in [7, 11) is 1.70. The number of nitrogens with one attached hydrogen (secondary N) is 1. The monoisotopic (exact) mass is 302 g/mol. The molecule has 3 rings (SSSR count). The molecule has 3 N–H and O–H groups in total. The second kappa shape index (κ2) is 5.01. The fourth-order valence-corrected chi connectivity index (χ4v) is 3.18. The fraction of sp³-hybridized carbons (Fsp3) is 0.214. The van der Waals surface area contributed by atoms with E-state index in [-0.39, 0.29) is 11.5 Å². The highest BCUT2D eigenvalue weighted by molar-refractivity contribution is 7.99. The first-order valence-corrected chi connectivity index (χ1v) is 7.20. The van der Waals surface area contributed by atoms with Crippen LogP contribution in [0.25, 0.3) is 0 Å². The van der Waals surface area contributed by atoms with Crippen molar-refractivity contribution in [1.82, 2.24) is 9.97 Å². The molecule has 0 saturated carbocycles. The molecule has 0 saturated heterocycles. The molecule has 1 amide bonds. The molecular formula is C14H14N4O2S. The van der Waals surface area contributed by atoms with E-state index in [9.17, 15) is 9.59 Å². The van der Waals surface area contributed by atoms with Crippen LogP contribution in [-0.2, 0) is 4.79 Å². The molecule has 108 valence electrons. The number of amides is 1. The number of carbonyl (C=O) groups excluding carboxylic acids is 1. The van der Waals surface area contributed by atoms with E-state index in [4.69, 9.17) is 5.73 Å². The number of aryl methyl sites for hydroxylation is 1. The van der Waals surface area contributed by atoms with Gasteiger partial charge in [0.15, 0.2) is 5.16 Å². The van der Waals surface area contributed by atoms with Gasteiger partial charge in [0.25, 0.3) is 5.56 Å². The molecule has 2 heterocycles. The van der Waals surface area contributed by atoms with Crippen molar-refractivity contribution in [2.24, 2.45) is 5.73 Å². The average Bonchev–Trinajstić information content (AvgIpc) is 2.63. The normalized spacial score (nSPS) is 17.2. The lowest BCUT2D eigenvalue weighted by molar-refractivity contribution is -0.118. The third kappa shape index (κ3) is 2.45. The van der Waals surface area contributed by atoms with Gasteiger partial charge < -0.3 is 15.6 Å². The van der Waals surface area contributed by atoms with Crippen molar-refractivity contribution in [2.75, 3.05) is 11.9 Å². The zero-order valence-corrected chi connectivity index (χ0v) is 12.4. The Morgan fingerprint density at radius 1 is 1.33 bits per heavy atom. The molecule has 1 atom stereocenters. The van der Waals surface area contributed by atoms with Crippen LogP contribution < -0.4 is 16.2 Å². The number of nitrogens with two attached hydrogens (primary N) is 1. The number of nitrogens with zero attached hydrogens (tertiary/aromatic N) is 2. The van der Waals surface area contributed by atoms with Crippen molar-refractivity contribution in [3.05, 3.63) is 45.9 Å². The van der Waals surface area contributed by atoms with E-state index in [2.05, 4.69) is 9.97 Å². The predicted molar refractivity (Wildman–Crippen MR) is 80.5 cm³/mol. The van der Waals surface area contributed by atoms with Crippen LogP contribution >= 0.6 is 11.8 Å². The molecule has 0 fully saturated rings. The van der Waals surface area contributed by atoms with Gasteiger partial charge in [-0.3, -0.25) is 9.59 Å². The highest BCUT2D eigenvalue weighted by atomic mass is 32.2. The Morgan fingerprint density at radius 2 is 2.10 bits per heavy atom. The standard InChI is InChI=1S/C14H14N4O2S/c1-7-5-11(19)17-14(16-7)21-8-3-4-9-10(6-8)18(2)13(20)12(9)15/h3-6,12H,15H2,1-2H3,(H,16,17,19). The Kier molecular flexibility index (Phi) is 3.30. The Bertz CT molecular complexity index is 787. The van der Waals surface area contributed by atoms with Gasteiger partial charge in [-0.2, -0.15) is 0 Å². The molecular weight excluding hydrogens is 288 g/mol. The number of carbonyl (C=O) groups is 1. The first-order valence-electron chi connectivity index (χ1n) is 6.38. The van der Waals surface area contributed by atoms with E-state index < -0.39 is 6.04 Å². The number of anilines is 1. The van der Waals surface area contributed by atoms with Gasteiger partial charge in [-0.25, -0.2) is 4.98 Å². The van der Waals surface area contributed by atoms with E-state index in [1.165, 1.54) is 17.8 Å². The molecule has 21 heavy (non-hydrogen) atoms. The van der Waals surface area contributed by atoms with E-state index in [0.717, 1.165) is 16.1 Å². The lowest BCUT2D eigenvalue weighted by Gasteiger charge is -2.10. The second-order valence-electron chi connectivity index (χ2n) is 4.89. The minimum atomic E-state index is -0.596. The number of benzene rings is 1. The average molecular weight is 302 g/mol. The van der Waals surface area contributed by atoms with Crippen LogP contribution in [0.5, 0.6) is 0 Å². The summed E-state index contributed by atoms with van der Waals surface area (Å²) >= 11 is 1.34. The van der Waals surface area contributed by atoms with Gasteiger partial charge in [0.1, 0.15) is 6.04 Å². The minimum Gasteiger partial charge on any atom is -0.316 e. The van der Waals surface area contributed by atoms with Crippen LogP contribution in [0.15, 0.2) is 39.1 Å². The molecule has 1 unspecified atom stereocenters. The van der Waals surface area contributed by atoms with Crippen molar-refractivity contribution in [3.63, 3.8) is 0 Å². The van der Waals surface area contributed by atoms with Crippen LogP contribution in [0.1, 0.15) is 17.3 Å². The molecule has 0 radical (unpaired) electrons. The van der Waals surface area contributed by atoms with E-state index in [0.29, 0.717) is 10.9 Å². The zero-order valence-electron chi connectivity index (χ0n) is 11.6. The summed E-state index contributed by atoms with van der Waals surface area (Å²) < 4.78 is 0. The lowest BCUT2D eigenvalue weighted by Crippen LogP contribution is -2.27. The topological polar surface area (TPSA) is 92.1 Å². The molecule has 7 heteroatoms. The SMILES string of the molecule is Cc1cc(=O)[nH]c(Sc2ccc3c(c2)N(C)C(=O)C3N)n1. The Morgan fingerprint density at radius 3 is 2.81 bits per heavy atom. The number of aromatic amines is 1. The van der Waals surface area contributed by atoms with Crippen LogP contribution in [0.3, 0.4) is 0 Å². The Hall–Kier alpha value is -2.12. The van der Waals surface area contributed by atoms with E-state index >= 15 is 0 Å². The maximum Gasteiger partial charge on any atom is 0.251 e. The predicted octanol–water partition coefficient (Wildman–Crippen LogP) is 1.21. The van der Waals surface area contributed by atoms with Crippen molar-refractivity contribution < 1.29 is 4.79 Å². The second-order valence-corrected chi connectivity index (χ2v) is 5.95. The zero-order chi connectivity index (χ0) is 15.1. The number of H-pyrrole nitrogens is 1. The molecule has 1 aliphatic heterocycles. The fourth-order valence-electron chi connectivity index (χ4n) is 2.31. The molecule has 1 aromatic carbocycles. The van der Waals surface area contributed by atoms with Gasteiger partial charge in [-0.05, 0) is 19.1 Å². The van der Waals surface area contributed by atoms with Crippen molar-refractivity contribution in [1.29, 1.82) is 0 Å². The van der Waals surface area contributed by atoms with Gasteiger partial charge in [-0.15, -0.1) is 0 Å². The molecule has 1 aromatic heterocycles. The lowest BCUT2D eigenvalue weighted by atomic mass is 10.1. The molecule has 6 nitrogen and oxygen atoms in total. The number of hydrogen-bond acceptors (Lipinski definition) is 5. The minimum absolute atomic E-state index is 0.116. The summed E-state index contributed by atoms with van der Waals surface area (Å²) in [5, 5.41) is 0.524. The number of hydrogen-bond donors (Lipinski definition) is 2. The molecule has 2 aromatic rings. The molecule has 0 aliphatic carbocycles. The van der Waals surface area contributed by atoms with E-state index in [1.807, 2.05) is 18.2 Å². The van der Waals surface area contributed by atoms with Crippen molar-refractivity contribution in [3.8, 4) is 0 Å². The highest BCUT2D eigenvalue weighted by Gasteiger charge is 2.32. The van der Waals surface area contributed by atoms with Crippen molar-refractivity contribution >= 4 is 23.4 Å². The summed E-state index contributed by atoms with van der Waals surface area (Å²) in [5.41, 5.74) is 7.96. The first kappa shape index (κ1) is 13.8. The number of rotatable bonds is 2. The summed E-state index contributed by atoms with van der Waals surface area (Å²) in [6.45, 7) is 1.77. The molecule has 0 spiro atoms. The summed E-state index contributed by atoms with van der Waals surface area (Å²) in [6.07, 6.45) is 0. The number of fused-ring (bicyclic) bond motifs is 1. The summed E-state index contributed by atoms with van der Waals surface area (Å²) in [6, 6.07) is 6.45. The van der Waals surface area contributed by atoms with Crippen LogP contribution in [0.4, 0.5) is 5.69 Å². The number of likely N-dealkylation sites (N-methyl/N-ethyl adjacent to an activating group) is 1. The Labute approximate surface area is 125 Å². The quantitative estimate of drug-likeness (QED) is 0.813. The van der Waals surface area contributed by atoms with Crippen LogP contribution in [0, 0.1) is 6.92 Å². The number of aromatic nitrogens is 2. The summed E-state index contributed by atoms with van der Waals surface area (Å²) in [5.74, 6) is -0.116. The largest absolute Gasteiger partial charge is 0.316 e. The Balaban J connectivity index is 1.95. The third-order valence-corrected chi connectivity index (χ3v) is 4.23. The van der Waals surface area contributed by atoms with Gasteiger partial charge in [0, 0.05) is 35.0 Å². The van der Waals surface area contributed by atoms with Gasteiger partial charge >= 0.3 is 0 Å². The highest BCUT2D eigenvalue weighted by Crippen LogP contribution is 2.37. The van der Waals surface area contributed by atoms with Gasteiger partial charge in [0.05, 0.1) is 0 Å².